The van der Waals surface area contributed by atoms with Gasteiger partial charge in [0.2, 0.25) is 0 Å². The number of thioether (sulfide) groups is 1. The maximum Gasteiger partial charge on any atom is 0.317 e. The Morgan fingerprint density at radius 1 is 1.31 bits per heavy atom. The van der Waals surface area contributed by atoms with Crippen LogP contribution in [0, 0.1) is 0 Å². The van der Waals surface area contributed by atoms with Gasteiger partial charge in [-0.3, -0.25) is 0 Å². The molecular weight excluding hydrogens is 220 g/mol. The molecule has 0 aliphatic carbocycles. The van der Waals surface area contributed by atoms with Crippen molar-refractivity contribution in [1.82, 2.24) is 10.2 Å². The summed E-state index contributed by atoms with van der Waals surface area (Å²) in [5.74, 6) is 1.11. The molecule has 1 N–H and O–H groups in total. The number of urea groups is 1. The summed E-state index contributed by atoms with van der Waals surface area (Å²) < 4.78 is 0. The normalized spacial score (nSPS) is 19.0. The van der Waals surface area contributed by atoms with E-state index in [1.807, 2.05) is 16.7 Å². The van der Waals surface area contributed by atoms with Crippen molar-refractivity contribution in [3.8, 4) is 0 Å². The maximum atomic E-state index is 11.9. The van der Waals surface area contributed by atoms with Gasteiger partial charge in [-0.05, 0) is 38.2 Å². The number of carbonyl (C=O) groups is 1. The summed E-state index contributed by atoms with van der Waals surface area (Å²) in [6.07, 6.45) is 8.01. The maximum absolute atomic E-state index is 11.9. The van der Waals surface area contributed by atoms with E-state index in [0.717, 1.165) is 38.1 Å². The molecule has 2 amide bonds. The molecule has 3 nitrogen and oxygen atoms in total. The molecule has 0 aromatic rings. The van der Waals surface area contributed by atoms with Crippen molar-refractivity contribution in [3.63, 3.8) is 0 Å². The third-order valence-electron chi connectivity index (χ3n) is 3.02. The molecule has 0 bridgehead atoms. The van der Waals surface area contributed by atoms with Crippen molar-refractivity contribution < 1.29 is 4.79 Å². The van der Waals surface area contributed by atoms with Crippen molar-refractivity contribution in [2.24, 2.45) is 0 Å². The minimum atomic E-state index is 0.135. The highest BCUT2D eigenvalue weighted by Crippen LogP contribution is 2.10. The molecule has 0 radical (unpaired) electrons. The van der Waals surface area contributed by atoms with E-state index < -0.39 is 0 Å². The molecule has 1 atom stereocenters. The first-order chi connectivity index (χ1) is 7.74. The molecule has 1 heterocycles. The van der Waals surface area contributed by atoms with Crippen LogP contribution in [0.15, 0.2) is 0 Å². The number of nitrogens with zero attached hydrogens (tertiary/aromatic N) is 1. The van der Waals surface area contributed by atoms with Gasteiger partial charge in [0.25, 0.3) is 0 Å². The van der Waals surface area contributed by atoms with Gasteiger partial charge in [-0.15, -0.1) is 0 Å². The molecule has 1 fully saturated rings. The average Bonchev–Trinajstić information content (AvgIpc) is 2.54. The van der Waals surface area contributed by atoms with E-state index in [9.17, 15) is 4.79 Å². The molecule has 4 heteroatoms. The summed E-state index contributed by atoms with van der Waals surface area (Å²) in [4.78, 5) is 13.9. The highest BCUT2D eigenvalue weighted by Gasteiger charge is 2.16. The number of likely N-dealkylation sites (tertiary alicyclic amines) is 1. The lowest BCUT2D eigenvalue weighted by Gasteiger charge is -2.23. The number of carbonyl (C=O) groups excluding carboxylic acids is 1. The van der Waals surface area contributed by atoms with Gasteiger partial charge in [0.1, 0.15) is 0 Å². The zero-order valence-corrected chi connectivity index (χ0v) is 11.3. The highest BCUT2D eigenvalue weighted by molar-refractivity contribution is 7.98. The van der Waals surface area contributed by atoms with E-state index in [2.05, 4.69) is 18.5 Å². The van der Waals surface area contributed by atoms with Crippen molar-refractivity contribution >= 4 is 17.8 Å². The van der Waals surface area contributed by atoms with Crippen LogP contribution >= 0.6 is 11.8 Å². The zero-order valence-electron chi connectivity index (χ0n) is 10.5. The van der Waals surface area contributed by atoms with Crippen LogP contribution in [-0.2, 0) is 0 Å². The van der Waals surface area contributed by atoms with Crippen molar-refractivity contribution in [2.45, 2.75) is 45.1 Å². The molecule has 1 aliphatic heterocycles. The quantitative estimate of drug-likeness (QED) is 0.824. The molecule has 0 saturated carbocycles. The van der Waals surface area contributed by atoms with Gasteiger partial charge in [-0.25, -0.2) is 4.79 Å². The second-order valence-electron chi connectivity index (χ2n) is 4.53. The van der Waals surface area contributed by atoms with E-state index in [1.54, 1.807) is 0 Å². The van der Waals surface area contributed by atoms with Crippen LogP contribution in [0.1, 0.15) is 39.0 Å². The Kier molecular flexibility index (Phi) is 6.69. The lowest BCUT2D eigenvalue weighted by atomic mass is 10.2. The Labute approximate surface area is 103 Å². The highest BCUT2D eigenvalue weighted by atomic mass is 32.2. The van der Waals surface area contributed by atoms with Crippen molar-refractivity contribution in [3.05, 3.63) is 0 Å². The minimum Gasteiger partial charge on any atom is -0.336 e. The van der Waals surface area contributed by atoms with E-state index in [1.165, 1.54) is 12.8 Å². The van der Waals surface area contributed by atoms with Crippen LogP contribution in [0.5, 0.6) is 0 Å². The summed E-state index contributed by atoms with van der Waals surface area (Å²) in [7, 11) is 0. The summed E-state index contributed by atoms with van der Waals surface area (Å²) in [6.45, 7) is 3.95. The number of nitrogens with one attached hydrogen (secondary N) is 1. The Bertz CT molecular complexity index is 203. The van der Waals surface area contributed by atoms with Crippen LogP contribution in [0.4, 0.5) is 4.79 Å². The van der Waals surface area contributed by atoms with Crippen LogP contribution < -0.4 is 5.32 Å². The first kappa shape index (κ1) is 13.7. The van der Waals surface area contributed by atoms with E-state index >= 15 is 0 Å². The average molecular weight is 244 g/mol. The van der Waals surface area contributed by atoms with Crippen molar-refractivity contribution in [2.75, 3.05) is 25.1 Å². The van der Waals surface area contributed by atoms with Crippen LogP contribution in [0.3, 0.4) is 0 Å². The largest absolute Gasteiger partial charge is 0.336 e. The van der Waals surface area contributed by atoms with Crippen LogP contribution in [0.25, 0.3) is 0 Å². The molecule has 0 aromatic heterocycles. The van der Waals surface area contributed by atoms with Gasteiger partial charge in [0.05, 0.1) is 0 Å². The zero-order chi connectivity index (χ0) is 11.8. The molecule has 1 aliphatic rings. The monoisotopic (exact) mass is 244 g/mol. The minimum absolute atomic E-state index is 0.135. The first-order valence-corrected chi connectivity index (χ1v) is 7.68. The molecule has 94 valence electrons. The number of hydrogen-bond acceptors (Lipinski definition) is 2. The molecule has 1 rings (SSSR count). The van der Waals surface area contributed by atoms with Crippen LogP contribution in [-0.4, -0.2) is 42.1 Å². The predicted molar refractivity (Wildman–Crippen MR) is 71.0 cm³/mol. The standard InChI is InChI=1S/C12H24N2OS/c1-11(7-10-16-2)13-12(15)14-8-5-3-4-6-9-14/h11H,3-10H2,1-2H3,(H,13,15). The fourth-order valence-electron chi connectivity index (χ4n) is 1.94. The molecular formula is C12H24N2OS. The number of amides is 2. The third-order valence-corrected chi connectivity index (χ3v) is 3.66. The lowest BCUT2D eigenvalue weighted by molar-refractivity contribution is 0.196. The van der Waals surface area contributed by atoms with E-state index in [0.29, 0.717) is 6.04 Å². The van der Waals surface area contributed by atoms with E-state index in [-0.39, 0.29) is 6.03 Å². The fourth-order valence-corrected chi connectivity index (χ4v) is 2.53. The Morgan fingerprint density at radius 3 is 2.50 bits per heavy atom. The molecule has 16 heavy (non-hydrogen) atoms. The molecule has 1 saturated heterocycles. The smallest absolute Gasteiger partial charge is 0.317 e. The summed E-state index contributed by atoms with van der Waals surface area (Å²) in [5.41, 5.74) is 0. The van der Waals surface area contributed by atoms with E-state index in [4.69, 9.17) is 0 Å². The SMILES string of the molecule is CSCCC(C)NC(=O)N1CCCCCC1. The van der Waals surface area contributed by atoms with Gasteiger partial charge in [0.15, 0.2) is 0 Å². The van der Waals surface area contributed by atoms with Gasteiger partial charge in [-0.2, -0.15) is 11.8 Å². The Hall–Kier alpha value is -0.380. The molecule has 0 spiro atoms. The lowest BCUT2D eigenvalue weighted by Crippen LogP contribution is -2.44. The Morgan fingerprint density at radius 2 is 1.94 bits per heavy atom. The van der Waals surface area contributed by atoms with Crippen LogP contribution in [0.2, 0.25) is 0 Å². The Balaban J connectivity index is 2.26. The summed E-state index contributed by atoms with van der Waals surface area (Å²) in [6, 6.07) is 0.429. The summed E-state index contributed by atoms with van der Waals surface area (Å²) >= 11 is 1.83. The van der Waals surface area contributed by atoms with Gasteiger partial charge in [0, 0.05) is 19.1 Å². The molecule has 0 aromatic carbocycles. The van der Waals surface area contributed by atoms with Crippen molar-refractivity contribution in [1.29, 1.82) is 0 Å². The number of hydrogen-bond donors (Lipinski definition) is 1. The topological polar surface area (TPSA) is 32.3 Å². The van der Waals surface area contributed by atoms with Gasteiger partial charge >= 0.3 is 6.03 Å². The van der Waals surface area contributed by atoms with Gasteiger partial charge in [-0.1, -0.05) is 12.8 Å². The second-order valence-corrected chi connectivity index (χ2v) is 5.52. The molecule has 1 unspecified atom stereocenters. The number of rotatable bonds is 4. The first-order valence-electron chi connectivity index (χ1n) is 6.28. The fraction of sp³-hybridized carbons (Fsp3) is 0.917. The van der Waals surface area contributed by atoms with Gasteiger partial charge < -0.3 is 10.2 Å². The predicted octanol–water partition coefficient (Wildman–Crippen LogP) is 2.71. The second kappa shape index (κ2) is 7.82. The third kappa shape index (κ3) is 5.10. The summed E-state index contributed by atoms with van der Waals surface area (Å²) in [5, 5.41) is 3.09.